The lowest BCUT2D eigenvalue weighted by molar-refractivity contribution is 0.193. The van der Waals surface area contributed by atoms with E-state index in [4.69, 9.17) is 4.42 Å². The first kappa shape index (κ1) is 16.5. The normalized spacial score (nSPS) is 16.4. The maximum Gasteiger partial charge on any atom is 0.257 e. The van der Waals surface area contributed by atoms with E-state index in [9.17, 15) is 0 Å². The average Bonchev–Trinajstić information content (AvgIpc) is 3.25. The van der Waals surface area contributed by atoms with E-state index in [0.717, 1.165) is 43.2 Å². The topological polar surface area (TPSA) is 42.2 Å². The molecule has 4 rings (SSSR count). The second-order valence-electron chi connectivity index (χ2n) is 6.90. The zero-order valence-electron chi connectivity index (χ0n) is 14.7. The van der Waals surface area contributed by atoms with Crippen molar-refractivity contribution in [3.63, 3.8) is 0 Å². The lowest BCUT2D eigenvalue weighted by atomic mass is 9.96. The smallest absolute Gasteiger partial charge is 0.257 e. The van der Waals surface area contributed by atoms with Crippen molar-refractivity contribution < 1.29 is 4.42 Å². The minimum atomic E-state index is 0.385. The minimum Gasteiger partial charge on any atom is -0.420 e. The quantitative estimate of drug-likeness (QED) is 0.676. The number of aryl methyl sites for hydroxylation is 2. The van der Waals surface area contributed by atoms with E-state index >= 15 is 0 Å². The Morgan fingerprint density at radius 3 is 2.68 bits per heavy atom. The van der Waals surface area contributed by atoms with E-state index in [1.54, 1.807) is 11.3 Å². The minimum absolute atomic E-state index is 0.385. The summed E-state index contributed by atoms with van der Waals surface area (Å²) in [7, 11) is 0. The summed E-state index contributed by atoms with van der Waals surface area (Å²) in [5, 5.41) is 8.57. The highest BCUT2D eigenvalue weighted by molar-refractivity contribution is 7.15. The van der Waals surface area contributed by atoms with Crippen LogP contribution in [0.1, 0.15) is 40.7 Å². The van der Waals surface area contributed by atoms with E-state index in [1.165, 1.54) is 16.0 Å². The molecule has 130 valence electrons. The second-order valence-corrected chi connectivity index (χ2v) is 8.18. The summed E-state index contributed by atoms with van der Waals surface area (Å²) in [6, 6.07) is 12.9. The molecule has 1 aromatic carbocycles. The number of rotatable bonds is 4. The van der Waals surface area contributed by atoms with Crippen molar-refractivity contribution >= 4 is 11.3 Å². The van der Waals surface area contributed by atoms with Gasteiger partial charge in [-0.2, -0.15) is 0 Å². The van der Waals surface area contributed by atoms with Gasteiger partial charge >= 0.3 is 0 Å². The van der Waals surface area contributed by atoms with Gasteiger partial charge in [0.25, 0.3) is 5.89 Å². The van der Waals surface area contributed by atoms with E-state index < -0.39 is 0 Å². The molecule has 1 fully saturated rings. The van der Waals surface area contributed by atoms with E-state index in [2.05, 4.69) is 65.3 Å². The van der Waals surface area contributed by atoms with Gasteiger partial charge in [-0.05, 0) is 57.5 Å². The van der Waals surface area contributed by atoms with Crippen molar-refractivity contribution in [2.24, 2.45) is 0 Å². The first-order valence-corrected chi connectivity index (χ1v) is 9.67. The molecule has 0 bridgehead atoms. The van der Waals surface area contributed by atoms with Gasteiger partial charge in [-0.25, -0.2) is 0 Å². The van der Waals surface area contributed by atoms with Crippen molar-refractivity contribution in [1.82, 2.24) is 15.1 Å². The summed E-state index contributed by atoms with van der Waals surface area (Å²) >= 11 is 1.70. The molecule has 0 saturated carbocycles. The number of hydrogen-bond acceptors (Lipinski definition) is 5. The maximum atomic E-state index is 5.96. The zero-order valence-corrected chi connectivity index (χ0v) is 15.6. The van der Waals surface area contributed by atoms with Crippen LogP contribution in [0.25, 0.3) is 10.8 Å². The second kappa shape index (κ2) is 7.10. The van der Waals surface area contributed by atoms with Gasteiger partial charge in [0.1, 0.15) is 0 Å². The van der Waals surface area contributed by atoms with Crippen molar-refractivity contribution in [3.05, 3.63) is 58.3 Å². The van der Waals surface area contributed by atoms with Crippen LogP contribution >= 0.6 is 11.3 Å². The molecule has 25 heavy (non-hydrogen) atoms. The van der Waals surface area contributed by atoms with Gasteiger partial charge in [-0.1, -0.05) is 29.8 Å². The maximum absolute atomic E-state index is 5.96. The third kappa shape index (κ3) is 3.83. The Kier molecular flexibility index (Phi) is 4.68. The molecule has 5 heteroatoms. The van der Waals surface area contributed by atoms with Crippen LogP contribution in [0.3, 0.4) is 0 Å². The molecular weight excluding hydrogens is 330 g/mol. The standard InChI is InChI=1S/C20H23N3OS/c1-14-4-3-5-16(12-14)13-23-10-8-17(9-11-23)19-21-22-20(24-19)18-7-6-15(2)25-18/h3-7,12,17H,8-11,13H2,1-2H3. The molecule has 0 unspecified atom stereocenters. The molecule has 0 atom stereocenters. The molecule has 0 radical (unpaired) electrons. The fourth-order valence-electron chi connectivity index (χ4n) is 3.46. The molecule has 0 N–H and O–H groups in total. The third-order valence-corrected chi connectivity index (χ3v) is 5.81. The van der Waals surface area contributed by atoms with Crippen LogP contribution in [0.5, 0.6) is 0 Å². The Labute approximate surface area is 152 Å². The van der Waals surface area contributed by atoms with E-state index in [-0.39, 0.29) is 0 Å². The molecule has 3 heterocycles. The summed E-state index contributed by atoms with van der Waals surface area (Å²) in [6.07, 6.45) is 2.16. The summed E-state index contributed by atoms with van der Waals surface area (Å²) in [5.41, 5.74) is 2.72. The highest BCUT2D eigenvalue weighted by Crippen LogP contribution is 2.32. The van der Waals surface area contributed by atoms with Crippen LogP contribution in [0.15, 0.2) is 40.8 Å². The number of nitrogens with zero attached hydrogens (tertiary/aromatic N) is 3. The number of benzene rings is 1. The first-order chi connectivity index (χ1) is 12.2. The Morgan fingerprint density at radius 1 is 1.12 bits per heavy atom. The molecular formula is C20H23N3OS. The van der Waals surface area contributed by atoms with E-state index in [1.807, 2.05) is 0 Å². The van der Waals surface area contributed by atoms with Crippen LogP contribution in [0.2, 0.25) is 0 Å². The summed E-state index contributed by atoms with van der Waals surface area (Å²) in [4.78, 5) is 4.85. The van der Waals surface area contributed by atoms with Gasteiger partial charge in [-0.3, -0.25) is 4.90 Å². The average molecular weight is 353 g/mol. The van der Waals surface area contributed by atoms with Crippen molar-refractivity contribution in [2.75, 3.05) is 13.1 Å². The fourth-order valence-corrected chi connectivity index (χ4v) is 4.24. The fraction of sp³-hybridized carbons (Fsp3) is 0.400. The molecule has 1 aliphatic heterocycles. The zero-order chi connectivity index (χ0) is 17.2. The Hall–Kier alpha value is -1.98. The van der Waals surface area contributed by atoms with Gasteiger partial charge in [0.2, 0.25) is 5.89 Å². The predicted molar refractivity (Wildman–Crippen MR) is 101 cm³/mol. The van der Waals surface area contributed by atoms with Crippen LogP contribution in [-0.4, -0.2) is 28.2 Å². The van der Waals surface area contributed by atoms with Gasteiger partial charge in [0.15, 0.2) is 0 Å². The van der Waals surface area contributed by atoms with Gasteiger partial charge in [0.05, 0.1) is 4.88 Å². The third-order valence-electron chi connectivity index (χ3n) is 4.82. The molecule has 2 aromatic heterocycles. The lowest BCUT2D eigenvalue weighted by Crippen LogP contribution is -2.32. The molecule has 0 aliphatic carbocycles. The SMILES string of the molecule is Cc1cccc(CN2CCC(c3nnc(-c4ccc(C)s4)o3)CC2)c1. The number of piperidine rings is 1. The summed E-state index contributed by atoms with van der Waals surface area (Å²) < 4.78 is 5.96. The van der Waals surface area contributed by atoms with E-state index in [0.29, 0.717) is 11.8 Å². The van der Waals surface area contributed by atoms with Crippen molar-refractivity contribution in [2.45, 2.75) is 39.2 Å². The largest absolute Gasteiger partial charge is 0.420 e. The number of thiophene rings is 1. The van der Waals surface area contributed by atoms with Crippen LogP contribution in [0.4, 0.5) is 0 Å². The first-order valence-electron chi connectivity index (χ1n) is 8.85. The number of likely N-dealkylation sites (tertiary alicyclic amines) is 1. The monoisotopic (exact) mass is 353 g/mol. The molecule has 1 saturated heterocycles. The Bertz CT molecular complexity index is 846. The number of hydrogen-bond donors (Lipinski definition) is 0. The Morgan fingerprint density at radius 2 is 1.96 bits per heavy atom. The van der Waals surface area contributed by atoms with Gasteiger partial charge in [0, 0.05) is 17.3 Å². The van der Waals surface area contributed by atoms with Crippen molar-refractivity contribution in [1.29, 1.82) is 0 Å². The molecule has 0 amide bonds. The van der Waals surface area contributed by atoms with Crippen LogP contribution < -0.4 is 0 Å². The van der Waals surface area contributed by atoms with Gasteiger partial charge in [-0.15, -0.1) is 21.5 Å². The summed E-state index contributed by atoms with van der Waals surface area (Å²) in [5.74, 6) is 1.85. The summed E-state index contributed by atoms with van der Waals surface area (Å²) in [6.45, 7) is 7.42. The molecule has 1 aliphatic rings. The van der Waals surface area contributed by atoms with Crippen LogP contribution in [-0.2, 0) is 6.54 Å². The Balaban J connectivity index is 1.36. The van der Waals surface area contributed by atoms with Crippen LogP contribution in [0, 0.1) is 13.8 Å². The molecule has 0 spiro atoms. The molecule has 4 nitrogen and oxygen atoms in total. The predicted octanol–water partition coefficient (Wildman–Crippen LogP) is 4.79. The highest BCUT2D eigenvalue weighted by atomic mass is 32.1. The lowest BCUT2D eigenvalue weighted by Gasteiger charge is -2.30. The van der Waals surface area contributed by atoms with Crippen molar-refractivity contribution in [3.8, 4) is 10.8 Å². The van der Waals surface area contributed by atoms with Gasteiger partial charge < -0.3 is 4.42 Å². The highest BCUT2D eigenvalue weighted by Gasteiger charge is 2.25. The number of aromatic nitrogens is 2. The molecule has 3 aromatic rings.